The Morgan fingerprint density at radius 3 is 2.50 bits per heavy atom. The lowest BCUT2D eigenvalue weighted by Crippen LogP contribution is -2.28. The quantitative estimate of drug-likeness (QED) is 0.541. The predicted molar refractivity (Wildman–Crippen MR) is 122 cm³/mol. The van der Waals surface area contributed by atoms with Crippen LogP contribution in [-0.4, -0.2) is 27.8 Å². The van der Waals surface area contributed by atoms with Gasteiger partial charge in [-0.2, -0.15) is 0 Å². The van der Waals surface area contributed by atoms with Crippen LogP contribution >= 0.6 is 11.6 Å². The number of halogens is 1. The fourth-order valence-corrected chi connectivity index (χ4v) is 4.59. The number of nitrogens with one attached hydrogen (secondary N) is 1. The first-order valence-electron chi connectivity index (χ1n) is 10.1. The first kappa shape index (κ1) is 20.8. The van der Waals surface area contributed by atoms with E-state index in [1.54, 1.807) is 0 Å². The highest BCUT2D eigenvalue weighted by Gasteiger charge is 2.35. The Morgan fingerprint density at radius 1 is 1.23 bits per heavy atom. The molecule has 2 N–H and O–H groups in total. The number of aromatic nitrogens is 1. The molecule has 4 rings (SSSR count). The Balaban J connectivity index is 2.13. The maximum absolute atomic E-state index is 12.4. The van der Waals surface area contributed by atoms with Crippen molar-refractivity contribution in [2.45, 2.75) is 52.9 Å². The number of hydrogen-bond donors (Lipinski definition) is 2. The van der Waals surface area contributed by atoms with Crippen LogP contribution in [0.1, 0.15) is 43.7 Å². The van der Waals surface area contributed by atoms with Crippen molar-refractivity contribution in [3.05, 3.63) is 52.2 Å². The molecule has 1 aliphatic heterocycles. The Bertz CT molecular complexity index is 1140. The molecule has 6 heteroatoms. The average molecular weight is 427 g/mol. The minimum Gasteiger partial charge on any atom is -0.479 e. The van der Waals surface area contributed by atoms with E-state index in [0.717, 1.165) is 52.1 Å². The monoisotopic (exact) mass is 426 g/mol. The number of aryl methyl sites for hydroxylation is 2. The number of carboxylic acids is 1. The smallest absolute Gasteiger partial charge is 0.337 e. The van der Waals surface area contributed by atoms with Gasteiger partial charge in [0.1, 0.15) is 0 Å². The highest BCUT2D eigenvalue weighted by atomic mass is 35.5. The van der Waals surface area contributed by atoms with Gasteiger partial charge in [-0.15, -0.1) is 0 Å². The Hall–Kier alpha value is -2.50. The molecular formula is C24H27ClN2O3. The summed E-state index contributed by atoms with van der Waals surface area (Å²) in [7, 11) is 0. The lowest BCUT2D eigenvalue weighted by molar-refractivity contribution is -0.160. The standard InChI is InChI=1S/C24H27ClN2O3/c1-13-6-8-15(9-7-13)17-16-12-14(2)27-11-10-26-20(21(16)27)19(25)18(17)22(23(28)29)30-24(3,4)5/h6-9,12,22,26H,10-11H2,1-5H3,(H,28,29)/t22-/m0/s1. The van der Waals surface area contributed by atoms with Crippen molar-refractivity contribution in [2.75, 3.05) is 11.9 Å². The molecule has 30 heavy (non-hydrogen) atoms. The van der Waals surface area contributed by atoms with Crippen LogP contribution < -0.4 is 5.32 Å². The molecule has 3 aromatic rings. The van der Waals surface area contributed by atoms with Crippen molar-refractivity contribution >= 4 is 34.2 Å². The molecule has 1 aromatic heterocycles. The summed E-state index contributed by atoms with van der Waals surface area (Å²) < 4.78 is 8.28. The zero-order valence-electron chi connectivity index (χ0n) is 18.0. The summed E-state index contributed by atoms with van der Waals surface area (Å²) in [6.45, 7) is 11.2. The number of carboxylic acid groups (broad SMARTS) is 1. The molecular weight excluding hydrogens is 400 g/mol. The molecule has 158 valence electrons. The van der Waals surface area contributed by atoms with Crippen molar-refractivity contribution in [1.29, 1.82) is 0 Å². The molecule has 0 saturated carbocycles. The minimum absolute atomic E-state index is 0.411. The lowest BCUT2D eigenvalue weighted by Gasteiger charge is -2.30. The van der Waals surface area contributed by atoms with E-state index in [-0.39, 0.29) is 0 Å². The van der Waals surface area contributed by atoms with Gasteiger partial charge < -0.3 is 19.7 Å². The van der Waals surface area contributed by atoms with Crippen LogP contribution in [0.5, 0.6) is 0 Å². The fourth-order valence-electron chi connectivity index (χ4n) is 4.24. The Kier molecular flexibility index (Phi) is 5.07. The molecule has 2 heterocycles. The summed E-state index contributed by atoms with van der Waals surface area (Å²) in [6, 6.07) is 10.2. The Labute approximate surface area is 181 Å². The average Bonchev–Trinajstić information content (AvgIpc) is 3.00. The molecule has 1 atom stereocenters. The molecule has 0 amide bonds. The third-order valence-electron chi connectivity index (χ3n) is 5.47. The second kappa shape index (κ2) is 7.33. The summed E-state index contributed by atoms with van der Waals surface area (Å²) in [5.41, 5.74) is 5.64. The van der Waals surface area contributed by atoms with E-state index >= 15 is 0 Å². The van der Waals surface area contributed by atoms with Crippen LogP contribution in [-0.2, 0) is 16.1 Å². The summed E-state index contributed by atoms with van der Waals surface area (Å²) in [5.74, 6) is -1.06. The number of hydrogen-bond acceptors (Lipinski definition) is 3. The predicted octanol–water partition coefficient (Wildman–Crippen LogP) is 5.94. The van der Waals surface area contributed by atoms with Crippen molar-refractivity contribution in [2.24, 2.45) is 0 Å². The third kappa shape index (κ3) is 3.46. The van der Waals surface area contributed by atoms with Gasteiger partial charge in [0.05, 0.1) is 21.8 Å². The number of ether oxygens (including phenoxy) is 1. The second-order valence-electron chi connectivity index (χ2n) is 8.92. The molecule has 0 spiro atoms. The highest BCUT2D eigenvalue weighted by Crippen LogP contribution is 2.48. The molecule has 2 aromatic carbocycles. The summed E-state index contributed by atoms with van der Waals surface area (Å²) in [6.07, 6.45) is -1.19. The van der Waals surface area contributed by atoms with Gasteiger partial charge in [0, 0.05) is 29.7 Å². The normalized spacial score (nSPS) is 14.6. The SMILES string of the molecule is Cc1ccc(-c2c([C@H](OC(C)(C)C)C(=O)O)c(Cl)c3c4c2cc(C)n4CCN3)cc1. The summed E-state index contributed by atoms with van der Waals surface area (Å²) in [4.78, 5) is 12.4. The Morgan fingerprint density at radius 2 is 1.90 bits per heavy atom. The highest BCUT2D eigenvalue weighted by molar-refractivity contribution is 6.37. The van der Waals surface area contributed by atoms with Gasteiger partial charge in [0.2, 0.25) is 0 Å². The van der Waals surface area contributed by atoms with Crippen LogP contribution in [0.3, 0.4) is 0 Å². The van der Waals surface area contributed by atoms with Gasteiger partial charge in [0.25, 0.3) is 0 Å². The molecule has 0 unspecified atom stereocenters. The topological polar surface area (TPSA) is 63.5 Å². The van der Waals surface area contributed by atoms with Gasteiger partial charge in [-0.3, -0.25) is 0 Å². The molecule has 0 bridgehead atoms. The zero-order valence-corrected chi connectivity index (χ0v) is 18.7. The van der Waals surface area contributed by atoms with Crippen LogP contribution in [0.15, 0.2) is 30.3 Å². The van der Waals surface area contributed by atoms with Crippen molar-refractivity contribution < 1.29 is 14.6 Å². The fraction of sp³-hybridized carbons (Fsp3) is 0.375. The maximum atomic E-state index is 12.4. The van der Waals surface area contributed by atoms with Gasteiger partial charge >= 0.3 is 5.97 Å². The number of carbonyl (C=O) groups is 1. The maximum Gasteiger partial charge on any atom is 0.337 e. The van der Waals surface area contributed by atoms with E-state index in [4.69, 9.17) is 16.3 Å². The molecule has 5 nitrogen and oxygen atoms in total. The molecule has 0 fully saturated rings. The first-order chi connectivity index (χ1) is 14.1. The van der Waals surface area contributed by atoms with E-state index in [2.05, 4.69) is 22.9 Å². The minimum atomic E-state index is -1.19. The number of rotatable bonds is 4. The molecule has 1 aliphatic rings. The number of anilines is 1. The third-order valence-corrected chi connectivity index (χ3v) is 5.86. The van der Waals surface area contributed by atoms with E-state index in [0.29, 0.717) is 10.6 Å². The van der Waals surface area contributed by atoms with Crippen molar-refractivity contribution in [3.63, 3.8) is 0 Å². The van der Waals surface area contributed by atoms with Crippen LogP contribution in [0.4, 0.5) is 5.69 Å². The lowest BCUT2D eigenvalue weighted by atomic mass is 9.90. The van der Waals surface area contributed by atoms with Crippen LogP contribution in [0.25, 0.3) is 22.0 Å². The summed E-state index contributed by atoms with van der Waals surface area (Å²) >= 11 is 6.94. The van der Waals surface area contributed by atoms with E-state index in [1.165, 1.54) is 0 Å². The van der Waals surface area contributed by atoms with E-state index < -0.39 is 17.7 Å². The molecule has 0 radical (unpaired) electrons. The van der Waals surface area contributed by atoms with Crippen LogP contribution in [0, 0.1) is 13.8 Å². The van der Waals surface area contributed by atoms with Gasteiger partial charge in [-0.05, 0) is 51.8 Å². The van der Waals surface area contributed by atoms with Gasteiger partial charge in [-0.25, -0.2) is 4.79 Å². The van der Waals surface area contributed by atoms with E-state index in [9.17, 15) is 9.90 Å². The van der Waals surface area contributed by atoms with Crippen LogP contribution in [0.2, 0.25) is 5.02 Å². The first-order valence-corrected chi connectivity index (χ1v) is 10.5. The van der Waals surface area contributed by atoms with Crippen molar-refractivity contribution in [1.82, 2.24) is 4.57 Å². The molecule has 0 saturated heterocycles. The summed E-state index contributed by atoms with van der Waals surface area (Å²) in [5, 5.41) is 14.9. The van der Waals surface area contributed by atoms with Gasteiger partial charge in [-0.1, -0.05) is 41.4 Å². The van der Waals surface area contributed by atoms with E-state index in [1.807, 2.05) is 52.0 Å². The molecule has 0 aliphatic carbocycles. The second-order valence-corrected chi connectivity index (χ2v) is 9.30. The van der Waals surface area contributed by atoms with Crippen molar-refractivity contribution in [3.8, 4) is 11.1 Å². The number of nitrogens with zero attached hydrogens (tertiary/aromatic N) is 1. The largest absolute Gasteiger partial charge is 0.479 e. The van der Waals surface area contributed by atoms with Gasteiger partial charge in [0.15, 0.2) is 6.10 Å². The number of aliphatic carboxylic acids is 1. The number of benzene rings is 2. The zero-order chi connectivity index (χ0) is 21.8.